The number of hydrogen-bond donors (Lipinski definition) is 1. The molecule has 0 saturated heterocycles. The second kappa shape index (κ2) is 4.79. The van der Waals surface area contributed by atoms with Crippen LogP contribution in [0.15, 0.2) is 24.3 Å². The molecule has 0 unspecified atom stereocenters. The average Bonchev–Trinajstić information content (AvgIpc) is 3.20. The number of nitrogens with one attached hydrogen (secondary N) is 1. The molecule has 86 valence electrons. The van der Waals surface area contributed by atoms with Gasteiger partial charge in [-0.3, -0.25) is 9.59 Å². The summed E-state index contributed by atoms with van der Waals surface area (Å²) in [7, 11) is 0. The zero-order valence-corrected chi connectivity index (χ0v) is 9.27. The van der Waals surface area contributed by atoms with Crippen LogP contribution in [0.4, 0.5) is 5.69 Å². The largest absolute Gasteiger partial charge is 0.348 e. The van der Waals surface area contributed by atoms with Crippen molar-refractivity contribution in [1.82, 2.24) is 5.32 Å². The van der Waals surface area contributed by atoms with E-state index in [1.807, 2.05) is 0 Å². The summed E-state index contributed by atoms with van der Waals surface area (Å²) in [5.74, 6) is -0.0426. The van der Waals surface area contributed by atoms with Crippen molar-refractivity contribution in [3.63, 3.8) is 0 Å². The molecule has 1 aromatic rings. The van der Waals surface area contributed by atoms with Gasteiger partial charge in [0.2, 0.25) is 5.91 Å². The molecule has 1 saturated carbocycles. The standard InChI is InChI=1S/C13H12N2O2/c1-14-11-6-4-9(5-7-11)12(16)8-15-13(17)10-2-3-10/h4-7,10H,2-3,8H2,(H,15,17). The van der Waals surface area contributed by atoms with Gasteiger partial charge >= 0.3 is 0 Å². The molecule has 1 N–H and O–H groups in total. The minimum atomic E-state index is -0.129. The van der Waals surface area contributed by atoms with Gasteiger partial charge in [0.15, 0.2) is 11.5 Å². The van der Waals surface area contributed by atoms with Crippen LogP contribution < -0.4 is 5.32 Å². The number of Topliss-reactive ketones (excluding diaryl/α,β-unsaturated/α-hetero) is 1. The Kier molecular flexibility index (Phi) is 3.20. The number of hydrogen-bond acceptors (Lipinski definition) is 2. The number of ketones is 1. The van der Waals surface area contributed by atoms with Gasteiger partial charge in [-0.2, -0.15) is 0 Å². The van der Waals surface area contributed by atoms with Gasteiger partial charge in [0.1, 0.15) is 0 Å². The Bertz CT molecular complexity index is 481. The van der Waals surface area contributed by atoms with E-state index in [1.165, 1.54) is 0 Å². The molecular formula is C13H12N2O2. The van der Waals surface area contributed by atoms with Crippen LogP contribution in [0.3, 0.4) is 0 Å². The Balaban J connectivity index is 1.90. The van der Waals surface area contributed by atoms with Gasteiger partial charge < -0.3 is 5.32 Å². The van der Waals surface area contributed by atoms with Crippen molar-refractivity contribution >= 4 is 17.4 Å². The summed E-state index contributed by atoms with van der Waals surface area (Å²) >= 11 is 0. The third-order valence-corrected chi connectivity index (χ3v) is 2.69. The molecule has 1 aromatic carbocycles. The summed E-state index contributed by atoms with van der Waals surface area (Å²) in [6, 6.07) is 6.42. The summed E-state index contributed by atoms with van der Waals surface area (Å²) in [6.45, 7) is 6.83. The third-order valence-electron chi connectivity index (χ3n) is 2.69. The fourth-order valence-electron chi connectivity index (χ4n) is 1.48. The lowest BCUT2D eigenvalue weighted by atomic mass is 10.1. The van der Waals surface area contributed by atoms with Crippen LogP contribution in [0.5, 0.6) is 0 Å². The van der Waals surface area contributed by atoms with Crippen LogP contribution >= 0.6 is 0 Å². The molecule has 17 heavy (non-hydrogen) atoms. The van der Waals surface area contributed by atoms with Crippen molar-refractivity contribution < 1.29 is 9.59 Å². The first-order valence-electron chi connectivity index (χ1n) is 5.49. The highest BCUT2D eigenvalue weighted by atomic mass is 16.2. The zero-order chi connectivity index (χ0) is 12.3. The van der Waals surface area contributed by atoms with E-state index in [-0.39, 0.29) is 24.2 Å². The first-order chi connectivity index (χ1) is 8.20. The maximum atomic E-state index is 11.7. The Morgan fingerprint density at radius 3 is 2.47 bits per heavy atom. The summed E-state index contributed by atoms with van der Waals surface area (Å²) in [6.07, 6.45) is 1.86. The van der Waals surface area contributed by atoms with E-state index in [0.717, 1.165) is 12.8 Å². The van der Waals surface area contributed by atoms with E-state index < -0.39 is 0 Å². The molecule has 0 spiro atoms. The molecule has 1 amide bonds. The fraction of sp³-hybridized carbons (Fsp3) is 0.308. The second-order valence-electron chi connectivity index (χ2n) is 4.07. The molecule has 0 aromatic heterocycles. The van der Waals surface area contributed by atoms with E-state index in [1.54, 1.807) is 24.3 Å². The molecule has 0 heterocycles. The third kappa shape index (κ3) is 2.91. The van der Waals surface area contributed by atoms with E-state index in [0.29, 0.717) is 11.3 Å². The van der Waals surface area contributed by atoms with Gasteiger partial charge in [-0.25, -0.2) is 4.85 Å². The van der Waals surface area contributed by atoms with Crippen molar-refractivity contribution in [3.05, 3.63) is 41.2 Å². The Hall–Kier alpha value is -2.15. The van der Waals surface area contributed by atoms with Crippen LogP contribution in [-0.2, 0) is 4.79 Å². The maximum absolute atomic E-state index is 11.7. The van der Waals surface area contributed by atoms with Crippen LogP contribution in [-0.4, -0.2) is 18.2 Å². The molecule has 0 bridgehead atoms. The van der Waals surface area contributed by atoms with E-state index in [4.69, 9.17) is 6.57 Å². The number of amides is 1. The number of carbonyl (C=O) groups is 2. The van der Waals surface area contributed by atoms with Crippen LogP contribution in [0.1, 0.15) is 23.2 Å². The topological polar surface area (TPSA) is 50.5 Å². The second-order valence-corrected chi connectivity index (χ2v) is 4.07. The predicted molar refractivity (Wildman–Crippen MR) is 62.8 cm³/mol. The summed E-state index contributed by atoms with van der Waals surface area (Å²) in [5, 5.41) is 2.62. The van der Waals surface area contributed by atoms with Gasteiger partial charge in [0.05, 0.1) is 13.1 Å². The first-order valence-corrected chi connectivity index (χ1v) is 5.49. The van der Waals surface area contributed by atoms with Gasteiger partial charge in [-0.1, -0.05) is 24.3 Å². The molecule has 2 rings (SSSR count). The quantitative estimate of drug-likeness (QED) is 0.632. The van der Waals surface area contributed by atoms with Crippen LogP contribution in [0.2, 0.25) is 0 Å². The van der Waals surface area contributed by atoms with Gasteiger partial charge in [0.25, 0.3) is 0 Å². The van der Waals surface area contributed by atoms with E-state index >= 15 is 0 Å². The average molecular weight is 228 g/mol. The highest BCUT2D eigenvalue weighted by Crippen LogP contribution is 2.28. The lowest BCUT2D eigenvalue weighted by Crippen LogP contribution is -2.30. The first kappa shape index (κ1) is 11.3. The zero-order valence-electron chi connectivity index (χ0n) is 9.27. The van der Waals surface area contributed by atoms with E-state index in [2.05, 4.69) is 10.2 Å². The Morgan fingerprint density at radius 1 is 1.29 bits per heavy atom. The lowest BCUT2D eigenvalue weighted by molar-refractivity contribution is -0.122. The van der Waals surface area contributed by atoms with Gasteiger partial charge in [0, 0.05) is 11.5 Å². The number of carbonyl (C=O) groups excluding carboxylic acids is 2. The van der Waals surface area contributed by atoms with Crippen molar-refractivity contribution in [2.75, 3.05) is 6.54 Å². The van der Waals surface area contributed by atoms with Gasteiger partial charge in [-0.05, 0) is 12.8 Å². The number of nitrogens with zero attached hydrogens (tertiary/aromatic N) is 1. The van der Waals surface area contributed by atoms with Crippen LogP contribution in [0.25, 0.3) is 4.85 Å². The predicted octanol–water partition coefficient (Wildman–Crippen LogP) is 1.95. The highest BCUT2D eigenvalue weighted by Gasteiger charge is 2.29. The summed E-state index contributed by atoms with van der Waals surface area (Å²) in [5.41, 5.74) is 1.03. The molecule has 4 heteroatoms. The molecule has 0 aliphatic heterocycles. The molecule has 1 aliphatic carbocycles. The maximum Gasteiger partial charge on any atom is 0.223 e. The monoisotopic (exact) mass is 228 g/mol. The Labute approximate surface area is 99.5 Å². The number of rotatable bonds is 4. The smallest absolute Gasteiger partial charge is 0.223 e. The minimum absolute atomic E-state index is 0.0314. The van der Waals surface area contributed by atoms with E-state index in [9.17, 15) is 9.59 Å². The van der Waals surface area contributed by atoms with Gasteiger partial charge in [-0.15, -0.1) is 0 Å². The molecule has 0 radical (unpaired) electrons. The lowest BCUT2D eigenvalue weighted by Gasteiger charge is -2.03. The molecule has 4 nitrogen and oxygen atoms in total. The van der Waals surface area contributed by atoms with Crippen molar-refractivity contribution in [3.8, 4) is 0 Å². The molecule has 0 atom stereocenters. The normalized spacial score (nSPS) is 13.8. The SMILES string of the molecule is [C-]#[N+]c1ccc(C(=O)CNC(=O)C2CC2)cc1. The molecular weight excluding hydrogens is 216 g/mol. The van der Waals surface area contributed by atoms with Crippen LogP contribution in [0, 0.1) is 12.5 Å². The highest BCUT2D eigenvalue weighted by molar-refractivity contribution is 5.99. The van der Waals surface area contributed by atoms with Crippen molar-refractivity contribution in [2.24, 2.45) is 5.92 Å². The minimum Gasteiger partial charge on any atom is -0.348 e. The van der Waals surface area contributed by atoms with Crippen molar-refractivity contribution in [1.29, 1.82) is 0 Å². The summed E-state index contributed by atoms with van der Waals surface area (Å²) in [4.78, 5) is 26.3. The number of benzene rings is 1. The van der Waals surface area contributed by atoms with Crippen molar-refractivity contribution in [2.45, 2.75) is 12.8 Å². The Morgan fingerprint density at radius 2 is 1.94 bits per heavy atom. The summed E-state index contributed by atoms with van der Waals surface area (Å²) < 4.78 is 0. The molecule has 1 fully saturated rings. The molecule has 1 aliphatic rings. The fourth-order valence-corrected chi connectivity index (χ4v) is 1.48.